The van der Waals surface area contributed by atoms with Gasteiger partial charge < -0.3 is 0 Å². The fourth-order valence-corrected chi connectivity index (χ4v) is 3.09. The molecule has 0 spiro atoms. The van der Waals surface area contributed by atoms with Gasteiger partial charge in [-0.25, -0.2) is 0 Å². The molecule has 0 aliphatic carbocycles. The van der Waals surface area contributed by atoms with Gasteiger partial charge >= 0.3 is 0 Å². The summed E-state index contributed by atoms with van der Waals surface area (Å²) in [6.07, 6.45) is 2.94. The predicted octanol–water partition coefficient (Wildman–Crippen LogP) is 3.15. The molecule has 6 heteroatoms. The van der Waals surface area contributed by atoms with E-state index in [-0.39, 0.29) is 0 Å². The fourth-order valence-electron chi connectivity index (χ4n) is 1.33. The van der Waals surface area contributed by atoms with E-state index in [2.05, 4.69) is 4.98 Å². The van der Waals surface area contributed by atoms with Gasteiger partial charge in [0, 0.05) is 21.7 Å². The standard InChI is InChI=1S/C13H13N3OS2/c1-2-18-13-5-11(8-16-12(13)9-17)19-4-3-10(6-14)7-15/h5,8-10H,2-4H2,1H3. The summed E-state index contributed by atoms with van der Waals surface area (Å²) in [5.41, 5.74) is 0.461. The van der Waals surface area contributed by atoms with Crippen LogP contribution in [-0.4, -0.2) is 22.8 Å². The molecule has 1 aromatic heterocycles. The average Bonchev–Trinajstić information content (AvgIpc) is 2.44. The Hall–Kier alpha value is -1.50. The van der Waals surface area contributed by atoms with Gasteiger partial charge in [0.25, 0.3) is 0 Å². The summed E-state index contributed by atoms with van der Waals surface area (Å²) in [6.45, 7) is 2.02. The third-order valence-corrected chi connectivity index (χ3v) is 4.18. The molecule has 0 radical (unpaired) electrons. The summed E-state index contributed by atoms with van der Waals surface area (Å²) >= 11 is 3.12. The number of rotatable bonds is 7. The second kappa shape index (κ2) is 8.58. The molecule has 0 aliphatic rings. The van der Waals surface area contributed by atoms with Crippen LogP contribution in [0.15, 0.2) is 22.1 Å². The van der Waals surface area contributed by atoms with Crippen LogP contribution in [0.2, 0.25) is 0 Å². The van der Waals surface area contributed by atoms with Crippen molar-refractivity contribution in [1.29, 1.82) is 10.5 Å². The highest BCUT2D eigenvalue weighted by atomic mass is 32.2. The van der Waals surface area contributed by atoms with Gasteiger partial charge in [-0.05, 0) is 18.2 Å². The van der Waals surface area contributed by atoms with Crippen LogP contribution in [0.4, 0.5) is 0 Å². The quantitative estimate of drug-likeness (QED) is 0.567. The van der Waals surface area contributed by atoms with Gasteiger partial charge in [0.05, 0.1) is 12.1 Å². The summed E-state index contributed by atoms with van der Waals surface area (Å²) in [5.74, 6) is 1.00. The number of carbonyl (C=O) groups is 1. The number of nitriles is 2. The lowest BCUT2D eigenvalue weighted by Gasteiger charge is -2.06. The van der Waals surface area contributed by atoms with Gasteiger partial charge in [0.1, 0.15) is 11.6 Å². The highest BCUT2D eigenvalue weighted by molar-refractivity contribution is 8.00. The minimum atomic E-state index is -0.556. The van der Waals surface area contributed by atoms with E-state index in [1.807, 2.05) is 25.1 Å². The first-order valence-corrected chi connectivity index (χ1v) is 7.72. The minimum Gasteiger partial charge on any atom is -0.296 e. The lowest BCUT2D eigenvalue weighted by atomic mass is 10.1. The number of aromatic nitrogens is 1. The first kappa shape index (κ1) is 15.6. The topological polar surface area (TPSA) is 77.5 Å². The Labute approximate surface area is 121 Å². The zero-order chi connectivity index (χ0) is 14.1. The molecule has 0 atom stereocenters. The second-order valence-electron chi connectivity index (χ2n) is 3.55. The highest BCUT2D eigenvalue weighted by Crippen LogP contribution is 2.27. The molecule has 0 saturated carbocycles. The van der Waals surface area contributed by atoms with Gasteiger partial charge in [-0.1, -0.05) is 6.92 Å². The Morgan fingerprint density at radius 3 is 2.74 bits per heavy atom. The normalized spacial score (nSPS) is 9.89. The molecule has 0 aliphatic heterocycles. The monoisotopic (exact) mass is 291 g/mol. The van der Waals surface area contributed by atoms with E-state index in [0.29, 0.717) is 17.9 Å². The van der Waals surface area contributed by atoms with Gasteiger partial charge in [0.15, 0.2) is 6.29 Å². The number of hydrogen-bond acceptors (Lipinski definition) is 6. The van der Waals surface area contributed by atoms with Crippen molar-refractivity contribution in [2.24, 2.45) is 5.92 Å². The maximum absolute atomic E-state index is 10.8. The van der Waals surface area contributed by atoms with Gasteiger partial charge in [0.2, 0.25) is 0 Å². The van der Waals surface area contributed by atoms with E-state index in [1.165, 1.54) is 0 Å². The Morgan fingerprint density at radius 2 is 2.16 bits per heavy atom. The first-order chi connectivity index (χ1) is 9.24. The van der Waals surface area contributed by atoms with Crippen LogP contribution in [0.5, 0.6) is 0 Å². The smallest absolute Gasteiger partial charge is 0.169 e. The van der Waals surface area contributed by atoms with Crippen LogP contribution in [0, 0.1) is 28.6 Å². The van der Waals surface area contributed by atoms with Crippen molar-refractivity contribution in [2.45, 2.75) is 23.1 Å². The van der Waals surface area contributed by atoms with Crippen LogP contribution < -0.4 is 0 Å². The van der Waals surface area contributed by atoms with E-state index in [0.717, 1.165) is 21.8 Å². The van der Waals surface area contributed by atoms with Crippen LogP contribution >= 0.6 is 23.5 Å². The highest BCUT2D eigenvalue weighted by Gasteiger charge is 2.08. The molecule has 19 heavy (non-hydrogen) atoms. The van der Waals surface area contributed by atoms with Crippen molar-refractivity contribution >= 4 is 29.8 Å². The Balaban J connectivity index is 2.65. The van der Waals surface area contributed by atoms with E-state index < -0.39 is 5.92 Å². The molecule has 4 nitrogen and oxygen atoms in total. The summed E-state index contributed by atoms with van der Waals surface area (Å²) in [5, 5.41) is 17.3. The number of aldehydes is 1. The Kier molecular flexibility index (Phi) is 7.02. The maximum atomic E-state index is 10.8. The number of nitrogens with zero attached hydrogens (tertiary/aromatic N) is 3. The molecule has 1 heterocycles. The fraction of sp³-hybridized carbons (Fsp3) is 0.385. The third kappa shape index (κ3) is 4.94. The van der Waals surface area contributed by atoms with Crippen molar-refractivity contribution in [3.05, 3.63) is 18.0 Å². The predicted molar refractivity (Wildman–Crippen MR) is 76.1 cm³/mol. The molecule has 0 saturated heterocycles. The van der Waals surface area contributed by atoms with Crippen molar-refractivity contribution < 1.29 is 4.79 Å². The van der Waals surface area contributed by atoms with Crippen molar-refractivity contribution in [2.75, 3.05) is 11.5 Å². The second-order valence-corrected chi connectivity index (χ2v) is 6.03. The molecule has 0 bridgehead atoms. The van der Waals surface area contributed by atoms with Crippen molar-refractivity contribution in [3.8, 4) is 12.1 Å². The van der Waals surface area contributed by atoms with E-state index in [1.54, 1.807) is 29.7 Å². The van der Waals surface area contributed by atoms with Gasteiger partial charge in [-0.2, -0.15) is 10.5 Å². The van der Waals surface area contributed by atoms with Crippen LogP contribution in [-0.2, 0) is 0 Å². The molecule has 98 valence electrons. The summed E-state index contributed by atoms with van der Waals surface area (Å²) in [4.78, 5) is 16.8. The van der Waals surface area contributed by atoms with E-state index in [9.17, 15) is 4.79 Å². The number of carbonyl (C=O) groups excluding carboxylic acids is 1. The molecule has 1 aromatic rings. The van der Waals surface area contributed by atoms with E-state index >= 15 is 0 Å². The molecule has 0 amide bonds. The first-order valence-electron chi connectivity index (χ1n) is 5.75. The van der Waals surface area contributed by atoms with Crippen LogP contribution in [0.25, 0.3) is 0 Å². The third-order valence-electron chi connectivity index (χ3n) is 2.26. The summed E-state index contributed by atoms with van der Waals surface area (Å²) in [7, 11) is 0. The molecule has 0 aromatic carbocycles. The van der Waals surface area contributed by atoms with Crippen molar-refractivity contribution in [3.63, 3.8) is 0 Å². The zero-order valence-electron chi connectivity index (χ0n) is 10.5. The Morgan fingerprint density at radius 1 is 1.42 bits per heavy atom. The molecule has 0 unspecified atom stereocenters. The molecule has 0 fully saturated rings. The lowest BCUT2D eigenvalue weighted by Crippen LogP contribution is -1.96. The number of pyridine rings is 1. The largest absolute Gasteiger partial charge is 0.296 e. The summed E-state index contributed by atoms with van der Waals surface area (Å²) < 4.78 is 0. The summed E-state index contributed by atoms with van der Waals surface area (Å²) in [6, 6.07) is 5.83. The lowest BCUT2D eigenvalue weighted by molar-refractivity contribution is 0.111. The van der Waals surface area contributed by atoms with Crippen LogP contribution in [0.1, 0.15) is 23.8 Å². The minimum absolute atomic E-state index is 0.461. The molecular weight excluding hydrogens is 278 g/mol. The molecule has 1 rings (SSSR count). The average molecular weight is 291 g/mol. The Bertz CT molecular complexity index is 506. The zero-order valence-corrected chi connectivity index (χ0v) is 12.1. The maximum Gasteiger partial charge on any atom is 0.169 e. The van der Waals surface area contributed by atoms with Crippen molar-refractivity contribution in [1.82, 2.24) is 4.98 Å². The molecule has 0 N–H and O–H groups in total. The number of thioether (sulfide) groups is 2. The van der Waals surface area contributed by atoms with Crippen LogP contribution in [0.3, 0.4) is 0 Å². The van der Waals surface area contributed by atoms with E-state index in [4.69, 9.17) is 10.5 Å². The molecular formula is C13H13N3OS2. The van der Waals surface area contributed by atoms with Gasteiger partial charge in [-0.3, -0.25) is 9.78 Å². The SMILES string of the molecule is CCSc1cc(SCCC(C#N)C#N)cnc1C=O. The van der Waals surface area contributed by atoms with Gasteiger partial charge in [-0.15, -0.1) is 23.5 Å². The number of hydrogen-bond donors (Lipinski definition) is 0.